The second-order valence-corrected chi connectivity index (χ2v) is 5.11. The maximum absolute atomic E-state index is 12.2. The van der Waals surface area contributed by atoms with Crippen molar-refractivity contribution < 1.29 is 14.3 Å². The van der Waals surface area contributed by atoms with E-state index in [4.69, 9.17) is 15.2 Å². The van der Waals surface area contributed by atoms with E-state index in [9.17, 15) is 4.79 Å². The van der Waals surface area contributed by atoms with Gasteiger partial charge in [-0.15, -0.1) is 0 Å². The number of para-hydroxylation sites is 3. The fourth-order valence-electron chi connectivity index (χ4n) is 2.62. The summed E-state index contributed by atoms with van der Waals surface area (Å²) >= 11 is 0. The minimum absolute atomic E-state index is 0.0374. The summed E-state index contributed by atoms with van der Waals surface area (Å²) in [5.41, 5.74) is 7.94. The molecule has 1 aliphatic rings. The van der Waals surface area contributed by atoms with Gasteiger partial charge < -0.3 is 20.1 Å². The van der Waals surface area contributed by atoms with Crippen molar-refractivity contribution in [1.82, 2.24) is 0 Å². The zero-order chi connectivity index (χ0) is 15.5. The molecule has 114 valence electrons. The second kappa shape index (κ2) is 6.07. The minimum Gasteiger partial charge on any atom is -0.496 e. The highest BCUT2D eigenvalue weighted by Gasteiger charge is 2.27. The van der Waals surface area contributed by atoms with E-state index >= 15 is 0 Å². The van der Waals surface area contributed by atoms with Gasteiger partial charge in [-0.05, 0) is 18.2 Å². The van der Waals surface area contributed by atoms with Gasteiger partial charge in [0.2, 0.25) is 0 Å². The molecule has 0 fully saturated rings. The number of ether oxygens (including phenoxy) is 2. The number of benzene rings is 2. The van der Waals surface area contributed by atoms with E-state index in [1.807, 2.05) is 48.5 Å². The molecule has 2 aromatic carbocycles. The number of amides is 1. The van der Waals surface area contributed by atoms with Gasteiger partial charge in [0.05, 0.1) is 18.8 Å². The van der Waals surface area contributed by atoms with Crippen LogP contribution in [0.4, 0.5) is 5.69 Å². The van der Waals surface area contributed by atoms with Crippen molar-refractivity contribution in [2.24, 2.45) is 5.73 Å². The Morgan fingerprint density at radius 3 is 2.77 bits per heavy atom. The number of carbonyl (C=O) groups excluding carboxylic acids is 1. The fourth-order valence-corrected chi connectivity index (χ4v) is 2.62. The standard InChI is InChI=1S/C17H18N2O3/c1-21-15-8-4-2-6-12(15)13(18)10-19-14-7-3-5-9-16(14)22-11-17(19)20/h2-9,13H,10-11,18H2,1H3. The number of nitrogens with zero attached hydrogens (tertiary/aromatic N) is 1. The fraction of sp³-hybridized carbons (Fsp3) is 0.235. The molecule has 1 atom stereocenters. The van der Waals surface area contributed by atoms with Gasteiger partial charge in [0, 0.05) is 12.1 Å². The first-order valence-electron chi connectivity index (χ1n) is 7.11. The molecule has 1 unspecified atom stereocenters. The van der Waals surface area contributed by atoms with Crippen molar-refractivity contribution in [3.05, 3.63) is 54.1 Å². The molecule has 0 radical (unpaired) electrons. The van der Waals surface area contributed by atoms with Crippen molar-refractivity contribution in [3.8, 4) is 11.5 Å². The van der Waals surface area contributed by atoms with Crippen LogP contribution in [0.5, 0.6) is 11.5 Å². The predicted octanol–water partition coefficient (Wildman–Crippen LogP) is 2.12. The largest absolute Gasteiger partial charge is 0.496 e. The normalized spacial score (nSPS) is 15.0. The minimum atomic E-state index is -0.341. The highest BCUT2D eigenvalue weighted by molar-refractivity contribution is 5.97. The van der Waals surface area contributed by atoms with Gasteiger partial charge in [0.15, 0.2) is 6.61 Å². The Bertz CT molecular complexity index is 687. The average molecular weight is 298 g/mol. The monoisotopic (exact) mass is 298 g/mol. The lowest BCUT2D eigenvalue weighted by molar-refractivity contribution is -0.121. The third-order valence-electron chi connectivity index (χ3n) is 3.73. The summed E-state index contributed by atoms with van der Waals surface area (Å²) in [6.07, 6.45) is 0. The van der Waals surface area contributed by atoms with Crippen LogP contribution in [-0.4, -0.2) is 26.2 Å². The lowest BCUT2D eigenvalue weighted by Crippen LogP contribution is -2.42. The van der Waals surface area contributed by atoms with E-state index in [-0.39, 0.29) is 18.6 Å². The summed E-state index contributed by atoms with van der Waals surface area (Å²) in [5.74, 6) is 1.34. The van der Waals surface area contributed by atoms with Gasteiger partial charge >= 0.3 is 0 Å². The zero-order valence-corrected chi connectivity index (χ0v) is 12.4. The lowest BCUT2D eigenvalue weighted by Gasteiger charge is -2.31. The van der Waals surface area contributed by atoms with E-state index in [1.54, 1.807) is 12.0 Å². The summed E-state index contributed by atoms with van der Waals surface area (Å²) in [7, 11) is 1.61. The summed E-state index contributed by atoms with van der Waals surface area (Å²) in [5, 5.41) is 0. The van der Waals surface area contributed by atoms with Gasteiger partial charge in [-0.2, -0.15) is 0 Å². The topological polar surface area (TPSA) is 64.8 Å². The van der Waals surface area contributed by atoms with Crippen molar-refractivity contribution >= 4 is 11.6 Å². The Balaban J connectivity index is 1.87. The maximum Gasteiger partial charge on any atom is 0.265 e. The summed E-state index contributed by atoms with van der Waals surface area (Å²) in [4.78, 5) is 13.9. The molecule has 0 saturated carbocycles. The highest BCUT2D eigenvalue weighted by atomic mass is 16.5. The summed E-state index contributed by atoms with van der Waals surface area (Å²) < 4.78 is 10.8. The molecule has 3 rings (SSSR count). The Kier molecular flexibility index (Phi) is 3.98. The molecular formula is C17H18N2O3. The van der Waals surface area contributed by atoms with Crippen LogP contribution in [0, 0.1) is 0 Å². The van der Waals surface area contributed by atoms with Crippen LogP contribution in [0.25, 0.3) is 0 Å². The van der Waals surface area contributed by atoms with E-state index < -0.39 is 0 Å². The Morgan fingerprint density at radius 1 is 1.23 bits per heavy atom. The van der Waals surface area contributed by atoms with E-state index in [1.165, 1.54) is 0 Å². The van der Waals surface area contributed by atoms with Crippen molar-refractivity contribution in [2.75, 3.05) is 25.2 Å². The van der Waals surface area contributed by atoms with Crippen LogP contribution in [0.2, 0.25) is 0 Å². The molecule has 22 heavy (non-hydrogen) atoms. The van der Waals surface area contributed by atoms with E-state index in [0.717, 1.165) is 17.0 Å². The molecule has 0 spiro atoms. The number of anilines is 1. The first-order valence-corrected chi connectivity index (χ1v) is 7.11. The molecule has 0 bridgehead atoms. The van der Waals surface area contributed by atoms with Gasteiger partial charge in [-0.3, -0.25) is 4.79 Å². The third-order valence-corrected chi connectivity index (χ3v) is 3.73. The molecular weight excluding hydrogens is 280 g/mol. The maximum atomic E-state index is 12.2. The number of nitrogens with two attached hydrogens (primary N) is 1. The van der Waals surface area contributed by atoms with E-state index in [2.05, 4.69) is 0 Å². The summed E-state index contributed by atoms with van der Waals surface area (Å²) in [6.45, 7) is 0.412. The Morgan fingerprint density at radius 2 is 1.95 bits per heavy atom. The van der Waals surface area contributed by atoms with Crippen molar-refractivity contribution in [2.45, 2.75) is 6.04 Å². The molecule has 5 nitrogen and oxygen atoms in total. The van der Waals surface area contributed by atoms with Crippen LogP contribution in [-0.2, 0) is 4.79 Å². The molecule has 1 heterocycles. The first kappa shape index (κ1) is 14.4. The molecule has 2 aromatic rings. The van der Waals surface area contributed by atoms with Gasteiger partial charge in [-0.1, -0.05) is 30.3 Å². The number of hydrogen-bond acceptors (Lipinski definition) is 4. The smallest absolute Gasteiger partial charge is 0.265 e. The van der Waals surface area contributed by atoms with Crippen LogP contribution in [0.15, 0.2) is 48.5 Å². The van der Waals surface area contributed by atoms with Crippen LogP contribution in [0.1, 0.15) is 11.6 Å². The molecule has 1 aliphatic heterocycles. The molecule has 0 saturated heterocycles. The first-order chi connectivity index (χ1) is 10.7. The predicted molar refractivity (Wildman–Crippen MR) is 84.2 cm³/mol. The number of fused-ring (bicyclic) bond motifs is 1. The second-order valence-electron chi connectivity index (χ2n) is 5.11. The highest BCUT2D eigenvalue weighted by Crippen LogP contribution is 2.33. The molecule has 1 amide bonds. The van der Waals surface area contributed by atoms with Gasteiger partial charge in [-0.25, -0.2) is 0 Å². The third kappa shape index (κ3) is 2.63. The zero-order valence-electron chi connectivity index (χ0n) is 12.4. The lowest BCUT2D eigenvalue weighted by atomic mass is 10.1. The molecule has 0 aliphatic carbocycles. The van der Waals surface area contributed by atoms with Gasteiger partial charge in [0.1, 0.15) is 11.5 Å². The summed E-state index contributed by atoms with van der Waals surface area (Å²) in [6, 6.07) is 14.7. The molecule has 5 heteroatoms. The SMILES string of the molecule is COc1ccccc1C(N)CN1C(=O)COc2ccccc21. The van der Waals surface area contributed by atoms with Crippen LogP contribution >= 0.6 is 0 Å². The van der Waals surface area contributed by atoms with Crippen LogP contribution < -0.4 is 20.1 Å². The van der Waals surface area contributed by atoms with Gasteiger partial charge in [0.25, 0.3) is 5.91 Å². The average Bonchev–Trinajstić information content (AvgIpc) is 2.57. The number of hydrogen-bond donors (Lipinski definition) is 1. The van der Waals surface area contributed by atoms with Crippen molar-refractivity contribution in [1.29, 1.82) is 0 Å². The van der Waals surface area contributed by atoms with Crippen LogP contribution in [0.3, 0.4) is 0 Å². The van der Waals surface area contributed by atoms with E-state index in [0.29, 0.717) is 12.3 Å². The Labute approximate surface area is 129 Å². The number of rotatable bonds is 4. The molecule has 2 N–H and O–H groups in total. The van der Waals surface area contributed by atoms with Crippen molar-refractivity contribution in [3.63, 3.8) is 0 Å². The number of methoxy groups -OCH3 is 1. The quantitative estimate of drug-likeness (QED) is 0.939. The Hall–Kier alpha value is -2.53. The molecule has 0 aromatic heterocycles. The number of carbonyl (C=O) groups is 1.